The van der Waals surface area contributed by atoms with Gasteiger partial charge in [-0.3, -0.25) is 4.79 Å². The van der Waals surface area contributed by atoms with Gasteiger partial charge in [0.1, 0.15) is 0 Å². The number of aryl methyl sites for hydroxylation is 3. The number of rotatable bonds is 6. The van der Waals surface area contributed by atoms with Gasteiger partial charge in [0.2, 0.25) is 11.9 Å². The Balaban J connectivity index is 1.63. The molecule has 0 bridgehead atoms. The highest BCUT2D eigenvalue weighted by Crippen LogP contribution is 2.31. The van der Waals surface area contributed by atoms with Crippen molar-refractivity contribution in [1.82, 2.24) is 25.1 Å². The number of anilines is 4. The molecule has 0 radical (unpaired) electrons. The van der Waals surface area contributed by atoms with Gasteiger partial charge in [0.25, 0.3) is 0 Å². The summed E-state index contributed by atoms with van der Waals surface area (Å²) in [4.78, 5) is 20.8. The van der Waals surface area contributed by atoms with E-state index in [4.69, 9.17) is 4.98 Å². The van der Waals surface area contributed by atoms with Crippen LogP contribution in [-0.2, 0) is 23.8 Å². The second-order valence-electron chi connectivity index (χ2n) is 9.95. The molecular weight excluding hydrogens is 438 g/mol. The average Bonchev–Trinajstić information content (AvgIpc) is 3.09. The monoisotopic (exact) mass is 471 g/mol. The molecule has 0 aliphatic rings. The summed E-state index contributed by atoms with van der Waals surface area (Å²) in [5, 5.41) is 15.2. The Bertz CT molecular complexity index is 1380. The first-order valence-corrected chi connectivity index (χ1v) is 11.7. The number of hydrogen-bond acceptors (Lipinski definition) is 6. The number of carbonyl (C=O) groups excluding carboxylic acids is 1. The number of benzene rings is 2. The van der Waals surface area contributed by atoms with Crippen LogP contribution in [-0.4, -0.2) is 25.7 Å². The second-order valence-corrected chi connectivity index (χ2v) is 9.95. The van der Waals surface area contributed by atoms with Crippen molar-refractivity contribution in [1.29, 1.82) is 0 Å². The fourth-order valence-corrected chi connectivity index (χ4v) is 4.22. The van der Waals surface area contributed by atoms with E-state index in [9.17, 15) is 4.79 Å². The van der Waals surface area contributed by atoms with Gasteiger partial charge in [-0.1, -0.05) is 45.0 Å². The van der Waals surface area contributed by atoms with Crippen molar-refractivity contribution in [2.75, 3.05) is 10.6 Å². The number of carbonyl (C=O) groups is 1. The molecule has 35 heavy (non-hydrogen) atoms. The van der Waals surface area contributed by atoms with Gasteiger partial charge in [-0.2, -0.15) is 10.1 Å². The van der Waals surface area contributed by atoms with Crippen LogP contribution < -0.4 is 16.0 Å². The molecule has 3 N–H and O–H groups in total. The highest BCUT2D eigenvalue weighted by Gasteiger charge is 2.19. The van der Waals surface area contributed by atoms with E-state index in [1.807, 2.05) is 25.2 Å². The molecule has 2 aromatic heterocycles. The van der Waals surface area contributed by atoms with E-state index < -0.39 is 0 Å². The van der Waals surface area contributed by atoms with Crippen LogP contribution in [0.1, 0.15) is 49.9 Å². The number of hydrogen-bond donors (Lipinski definition) is 3. The lowest BCUT2D eigenvalue weighted by atomic mass is 9.83. The molecule has 0 saturated carbocycles. The quantitative estimate of drug-likeness (QED) is 0.348. The number of fused-ring (bicyclic) bond motifs is 1. The lowest BCUT2D eigenvalue weighted by molar-refractivity contribution is -0.119. The Morgan fingerprint density at radius 3 is 2.43 bits per heavy atom. The maximum atomic E-state index is 11.5. The molecule has 1 amide bonds. The molecule has 0 aliphatic heterocycles. The maximum Gasteiger partial charge on any atom is 0.229 e. The zero-order valence-corrected chi connectivity index (χ0v) is 21.4. The molecule has 0 unspecified atom stereocenters. The third-order valence-electron chi connectivity index (χ3n) is 6.00. The van der Waals surface area contributed by atoms with Crippen LogP contribution in [0, 0.1) is 13.8 Å². The third kappa shape index (κ3) is 5.26. The summed E-state index contributed by atoms with van der Waals surface area (Å²) in [6.45, 7) is 12.6. The van der Waals surface area contributed by atoms with Crippen LogP contribution in [0.4, 0.5) is 23.1 Å². The van der Waals surface area contributed by atoms with Crippen LogP contribution in [0.3, 0.4) is 0 Å². The van der Waals surface area contributed by atoms with E-state index in [1.54, 1.807) is 10.9 Å². The van der Waals surface area contributed by atoms with Gasteiger partial charge in [0.15, 0.2) is 11.5 Å². The Morgan fingerprint density at radius 2 is 1.77 bits per heavy atom. The first-order chi connectivity index (χ1) is 16.5. The zero-order valence-electron chi connectivity index (χ0n) is 21.4. The van der Waals surface area contributed by atoms with Crippen LogP contribution in [0.15, 0.2) is 42.6 Å². The maximum absolute atomic E-state index is 11.5. The van der Waals surface area contributed by atoms with Crippen molar-refractivity contribution >= 4 is 40.1 Å². The Morgan fingerprint density at radius 1 is 1.06 bits per heavy atom. The van der Waals surface area contributed by atoms with Crippen molar-refractivity contribution in [3.63, 3.8) is 0 Å². The molecule has 0 fully saturated rings. The van der Waals surface area contributed by atoms with Crippen molar-refractivity contribution in [2.24, 2.45) is 7.05 Å². The summed E-state index contributed by atoms with van der Waals surface area (Å²) >= 11 is 0. The van der Waals surface area contributed by atoms with Gasteiger partial charge >= 0.3 is 0 Å². The summed E-state index contributed by atoms with van der Waals surface area (Å²) in [7, 11) is 1.87. The minimum atomic E-state index is -0.0569. The fraction of sp³-hybridized carbons (Fsp3) is 0.333. The van der Waals surface area contributed by atoms with Crippen molar-refractivity contribution in [3.8, 4) is 0 Å². The predicted octanol–water partition coefficient (Wildman–Crippen LogP) is 5.40. The van der Waals surface area contributed by atoms with Crippen LogP contribution in [0.2, 0.25) is 0 Å². The summed E-state index contributed by atoms with van der Waals surface area (Å²) in [6, 6.07) is 12.3. The lowest BCUT2D eigenvalue weighted by Gasteiger charge is -2.24. The van der Waals surface area contributed by atoms with E-state index >= 15 is 0 Å². The summed E-state index contributed by atoms with van der Waals surface area (Å²) in [6.07, 6.45) is 1.79. The number of para-hydroxylation sites is 1. The minimum absolute atomic E-state index is 0.0463. The van der Waals surface area contributed by atoms with Gasteiger partial charge in [-0.25, -0.2) is 9.67 Å². The van der Waals surface area contributed by atoms with E-state index in [0.29, 0.717) is 12.5 Å². The van der Waals surface area contributed by atoms with Crippen molar-refractivity contribution in [3.05, 3.63) is 64.8 Å². The van der Waals surface area contributed by atoms with Crippen LogP contribution in [0.5, 0.6) is 0 Å². The molecule has 8 heteroatoms. The molecule has 0 aliphatic carbocycles. The first-order valence-electron chi connectivity index (χ1n) is 11.7. The minimum Gasteiger partial charge on any atom is -0.352 e. The topological polar surface area (TPSA) is 96.8 Å². The third-order valence-corrected chi connectivity index (χ3v) is 6.00. The molecule has 4 rings (SSSR count). The van der Waals surface area contributed by atoms with Gasteiger partial charge < -0.3 is 16.0 Å². The zero-order chi connectivity index (χ0) is 25.3. The molecule has 0 saturated heterocycles. The van der Waals surface area contributed by atoms with E-state index in [1.165, 1.54) is 12.5 Å². The average molecular weight is 472 g/mol. The standard InChI is InChI=1S/C27H33N7O/c1-16-9-8-10-17(2)23(16)31-24-21-15-29-26(32-25(21)34(7)33-24)30-20-11-12-22(27(4,5)6)19(13-20)14-28-18(3)35/h8-13,15H,14H2,1-7H3,(H,28,35)(H,31,33)(H,29,30,32). The Labute approximate surface area is 206 Å². The molecule has 2 heterocycles. The van der Waals surface area contributed by atoms with Gasteiger partial charge in [0.05, 0.1) is 5.39 Å². The number of aromatic nitrogens is 4. The summed E-state index contributed by atoms with van der Waals surface area (Å²) in [5.41, 5.74) is 7.11. The van der Waals surface area contributed by atoms with Gasteiger partial charge in [-0.05, 0) is 53.6 Å². The molecule has 182 valence electrons. The lowest BCUT2D eigenvalue weighted by Crippen LogP contribution is -2.23. The van der Waals surface area contributed by atoms with E-state index in [0.717, 1.165) is 44.9 Å². The summed E-state index contributed by atoms with van der Waals surface area (Å²) < 4.78 is 1.75. The Hall–Kier alpha value is -3.94. The van der Waals surface area contributed by atoms with Gasteiger partial charge in [-0.15, -0.1) is 0 Å². The molecule has 2 aromatic carbocycles. The van der Waals surface area contributed by atoms with Gasteiger partial charge in [0, 0.05) is 38.1 Å². The molecule has 4 aromatic rings. The molecule has 8 nitrogen and oxygen atoms in total. The largest absolute Gasteiger partial charge is 0.352 e. The predicted molar refractivity (Wildman–Crippen MR) is 141 cm³/mol. The summed E-state index contributed by atoms with van der Waals surface area (Å²) in [5.74, 6) is 1.14. The SMILES string of the molecule is CC(=O)NCc1cc(Nc2ncc3c(Nc4c(C)cccc4C)nn(C)c3n2)ccc1C(C)(C)C. The number of nitrogens with one attached hydrogen (secondary N) is 3. The Kier molecular flexibility index (Phi) is 6.47. The molecular formula is C27H33N7O. The smallest absolute Gasteiger partial charge is 0.229 e. The number of amides is 1. The van der Waals surface area contributed by atoms with E-state index in [2.05, 4.69) is 78.9 Å². The second kappa shape index (κ2) is 9.37. The highest BCUT2D eigenvalue weighted by atomic mass is 16.1. The van der Waals surface area contributed by atoms with Crippen molar-refractivity contribution in [2.45, 2.75) is 53.5 Å². The molecule has 0 atom stereocenters. The number of nitrogens with zero attached hydrogens (tertiary/aromatic N) is 4. The fourth-order valence-electron chi connectivity index (χ4n) is 4.22. The van der Waals surface area contributed by atoms with Crippen LogP contribution in [0.25, 0.3) is 11.0 Å². The first kappa shape index (κ1) is 24.2. The normalized spacial score (nSPS) is 11.5. The highest BCUT2D eigenvalue weighted by molar-refractivity contribution is 5.90. The van der Waals surface area contributed by atoms with Crippen LogP contribution >= 0.6 is 0 Å². The van der Waals surface area contributed by atoms with Crippen molar-refractivity contribution < 1.29 is 4.79 Å². The van der Waals surface area contributed by atoms with E-state index in [-0.39, 0.29) is 11.3 Å². The molecule has 0 spiro atoms.